The van der Waals surface area contributed by atoms with Gasteiger partial charge in [0.25, 0.3) is 0 Å². The monoisotopic (exact) mass is 300 g/mol. The Morgan fingerprint density at radius 1 is 0.682 bits per heavy atom. The number of anilines is 1. The SMILES string of the molecule is C=C(c1ccc(N)cc1)[Si](c1ccccc1)c1ccccc1. The molecule has 1 nitrogen and oxygen atoms in total. The van der Waals surface area contributed by atoms with E-state index in [-0.39, 0.29) is 0 Å². The summed E-state index contributed by atoms with van der Waals surface area (Å²) in [5, 5.41) is 3.88. The van der Waals surface area contributed by atoms with E-state index in [1.165, 1.54) is 15.6 Å². The van der Waals surface area contributed by atoms with Crippen LogP contribution in [-0.2, 0) is 0 Å². The molecule has 0 bridgehead atoms. The van der Waals surface area contributed by atoms with Gasteiger partial charge in [0, 0.05) is 5.69 Å². The highest BCUT2D eigenvalue weighted by molar-refractivity contribution is 6.99. The van der Waals surface area contributed by atoms with E-state index in [0.717, 1.165) is 11.3 Å². The molecule has 0 atom stereocenters. The van der Waals surface area contributed by atoms with Crippen molar-refractivity contribution in [2.45, 2.75) is 0 Å². The van der Waals surface area contributed by atoms with E-state index in [2.05, 4.69) is 79.4 Å². The molecule has 107 valence electrons. The van der Waals surface area contributed by atoms with Gasteiger partial charge in [-0.05, 0) is 17.7 Å². The Morgan fingerprint density at radius 2 is 1.14 bits per heavy atom. The first kappa shape index (κ1) is 14.4. The van der Waals surface area contributed by atoms with Crippen molar-refractivity contribution in [3.05, 3.63) is 97.1 Å². The molecular weight excluding hydrogens is 282 g/mol. The zero-order valence-electron chi connectivity index (χ0n) is 12.4. The van der Waals surface area contributed by atoms with Crippen LogP contribution in [0.5, 0.6) is 0 Å². The number of rotatable bonds is 4. The van der Waals surface area contributed by atoms with Gasteiger partial charge in [0.2, 0.25) is 0 Å². The van der Waals surface area contributed by atoms with Crippen LogP contribution in [-0.4, -0.2) is 8.80 Å². The number of hydrogen-bond acceptors (Lipinski definition) is 1. The standard InChI is InChI=1S/C20H18NSi/c1-16(17-12-14-18(21)15-13-17)22(19-8-4-2-5-9-19)20-10-6-3-7-11-20/h2-15H,1,21H2. The molecule has 3 aromatic carbocycles. The van der Waals surface area contributed by atoms with E-state index in [4.69, 9.17) is 5.73 Å². The average molecular weight is 300 g/mol. The molecule has 2 heteroatoms. The molecule has 0 heterocycles. The van der Waals surface area contributed by atoms with Gasteiger partial charge in [-0.25, -0.2) is 0 Å². The smallest absolute Gasteiger partial charge is 0.154 e. The van der Waals surface area contributed by atoms with Crippen molar-refractivity contribution in [2.75, 3.05) is 5.73 Å². The van der Waals surface area contributed by atoms with Crippen LogP contribution in [0.15, 0.2) is 91.5 Å². The molecule has 0 saturated heterocycles. The van der Waals surface area contributed by atoms with Crippen molar-refractivity contribution in [1.82, 2.24) is 0 Å². The van der Waals surface area contributed by atoms with Crippen molar-refractivity contribution < 1.29 is 0 Å². The van der Waals surface area contributed by atoms with Crippen LogP contribution in [0.25, 0.3) is 5.20 Å². The summed E-state index contributed by atoms with van der Waals surface area (Å²) in [6, 6.07) is 29.3. The summed E-state index contributed by atoms with van der Waals surface area (Å²) in [6.45, 7) is 4.41. The molecule has 0 fully saturated rings. The lowest BCUT2D eigenvalue weighted by molar-refractivity contribution is 1.63. The van der Waals surface area contributed by atoms with Crippen LogP contribution >= 0.6 is 0 Å². The third-order valence-corrected chi connectivity index (χ3v) is 6.40. The maximum atomic E-state index is 5.80. The van der Waals surface area contributed by atoms with E-state index in [1.54, 1.807) is 0 Å². The minimum Gasteiger partial charge on any atom is -0.399 e. The van der Waals surface area contributed by atoms with Crippen LogP contribution in [0.2, 0.25) is 0 Å². The number of nitrogen functional groups attached to an aromatic ring is 1. The predicted octanol–water partition coefficient (Wildman–Crippen LogP) is 3.13. The largest absolute Gasteiger partial charge is 0.399 e. The van der Waals surface area contributed by atoms with Gasteiger partial charge in [0.05, 0.1) is 0 Å². The second kappa shape index (κ2) is 6.46. The van der Waals surface area contributed by atoms with E-state index in [9.17, 15) is 0 Å². The maximum Gasteiger partial charge on any atom is 0.154 e. The molecule has 0 spiro atoms. The first-order valence-corrected chi connectivity index (χ1v) is 8.78. The molecule has 0 aliphatic rings. The minimum atomic E-state index is -1.08. The van der Waals surface area contributed by atoms with Crippen molar-refractivity contribution in [2.24, 2.45) is 0 Å². The molecule has 0 saturated carbocycles. The molecule has 0 aliphatic heterocycles. The van der Waals surface area contributed by atoms with Crippen molar-refractivity contribution >= 4 is 30.1 Å². The van der Waals surface area contributed by atoms with Gasteiger partial charge >= 0.3 is 0 Å². The van der Waals surface area contributed by atoms with Gasteiger partial charge in [0.1, 0.15) is 0 Å². The third kappa shape index (κ3) is 3.02. The first-order valence-electron chi connectivity index (χ1n) is 7.28. The summed E-state index contributed by atoms with van der Waals surface area (Å²) < 4.78 is 0. The molecule has 3 rings (SSSR count). The zero-order valence-corrected chi connectivity index (χ0v) is 13.4. The molecule has 3 aromatic rings. The van der Waals surface area contributed by atoms with E-state index in [1.807, 2.05) is 12.1 Å². The Bertz CT molecular complexity index is 709. The highest BCUT2D eigenvalue weighted by atomic mass is 28.3. The lowest BCUT2D eigenvalue weighted by atomic mass is 10.2. The fourth-order valence-electron chi connectivity index (χ4n) is 2.55. The Hall–Kier alpha value is -2.58. The van der Waals surface area contributed by atoms with Gasteiger partial charge in [-0.3, -0.25) is 0 Å². The van der Waals surface area contributed by atoms with Crippen LogP contribution < -0.4 is 16.1 Å². The van der Waals surface area contributed by atoms with Crippen LogP contribution in [0.1, 0.15) is 5.56 Å². The molecule has 0 aromatic heterocycles. The normalized spacial score (nSPS) is 10.6. The van der Waals surface area contributed by atoms with Gasteiger partial charge in [-0.2, -0.15) is 0 Å². The van der Waals surface area contributed by atoms with Gasteiger partial charge in [-0.15, -0.1) is 0 Å². The highest BCUT2D eigenvalue weighted by Gasteiger charge is 2.21. The van der Waals surface area contributed by atoms with Gasteiger partial charge in [0.15, 0.2) is 8.80 Å². The lowest BCUT2D eigenvalue weighted by Crippen LogP contribution is -2.43. The second-order valence-electron chi connectivity index (χ2n) is 5.21. The first-order chi connectivity index (χ1) is 10.8. The van der Waals surface area contributed by atoms with Gasteiger partial charge in [-0.1, -0.05) is 94.9 Å². The van der Waals surface area contributed by atoms with Crippen molar-refractivity contribution in [3.8, 4) is 0 Å². The molecule has 2 N–H and O–H groups in total. The molecule has 0 amide bonds. The average Bonchev–Trinajstić information content (AvgIpc) is 2.57. The molecule has 0 aliphatic carbocycles. The summed E-state index contributed by atoms with van der Waals surface area (Å²) in [4.78, 5) is 0. The third-order valence-electron chi connectivity index (χ3n) is 3.69. The molecule has 0 unspecified atom stereocenters. The summed E-state index contributed by atoms with van der Waals surface area (Å²) in [7, 11) is -1.08. The van der Waals surface area contributed by atoms with E-state index in [0.29, 0.717) is 0 Å². The zero-order chi connectivity index (χ0) is 15.4. The fraction of sp³-hybridized carbons (Fsp3) is 0. The van der Waals surface area contributed by atoms with Crippen LogP contribution in [0.3, 0.4) is 0 Å². The number of benzene rings is 3. The highest BCUT2D eigenvalue weighted by Crippen LogP contribution is 2.17. The summed E-state index contributed by atoms with van der Waals surface area (Å²) in [5.74, 6) is 0. The summed E-state index contributed by atoms with van der Waals surface area (Å²) >= 11 is 0. The van der Waals surface area contributed by atoms with E-state index < -0.39 is 8.80 Å². The van der Waals surface area contributed by atoms with Crippen LogP contribution in [0.4, 0.5) is 5.69 Å². The maximum absolute atomic E-state index is 5.80. The van der Waals surface area contributed by atoms with Crippen molar-refractivity contribution in [1.29, 1.82) is 0 Å². The Morgan fingerprint density at radius 3 is 1.59 bits per heavy atom. The Kier molecular flexibility index (Phi) is 4.21. The number of nitrogens with two attached hydrogens (primary N) is 1. The quantitative estimate of drug-likeness (QED) is 0.581. The van der Waals surface area contributed by atoms with Crippen molar-refractivity contribution in [3.63, 3.8) is 0 Å². The van der Waals surface area contributed by atoms with Crippen LogP contribution in [0, 0.1) is 0 Å². The summed E-state index contributed by atoms with van der Waals surface area (Å²) in [5.41, 5.74) is 7.75. The molecule has 1 radical (unpaired) electrons. The molecular formula is C20H18NSi. The lowest BCUT2D eigenvalue weighted by Gasteiger charge is -2.19. The summed E-state index contributed by atoms with van der Waals surface area (Å²) in [6.07, 6.45) is 0. The Labute approximate surface area is 133 Å². The molecule has 22 heavy (non-hydrogen) atoms. The van der Waals surface area contributed by atoms with E-state index >= 15 is 0 Å². The number of hydrogen-bond donors (Lipinski definition) is 1. The fourth-order valence-corrected chi connectivity index (χ4v) is 5.09. The predicted molar refractivity (Wildman–Crippen MR) is 97.8 cm³/mol. The van der Waals surface area contributed by atoms with Gasteiger partial charge < -0.3 is 5.73 Å². The Balaban J connectivity index is 2.06. The minimum absolute atomic E-state index is 0.782. The topological polar surface area (TPSA) is 26.0 Å². The second-order valence-corrected chi connectivity index (χ2v) is 7.72.